The van der Waals surface area contributed by atoms with E-state index in [9.17, 15) is 5.11 Å². The molecule has 15 heavy (non-hydrogen) atoms. The van der Waals surface area contributed by atoms with E-state index in [2.05, 4.69) is 20.9 Å². The van der Waals surface area contributed by atoms with E-state index in [1.165, 1.54) is 0 Å². The lowest BCUT2D eigenvalue weighted by atomic mass is 10.1. The third-order valence-electron chi connectivity index (χ3n) is 2.18. The van der Waals surface area contributed by atoms with Crippen LogP contribution in [0.25, 0.3) is 11.3 Å². The zero-order valence-electron chi connectivity index (χ0n) is 8.24. The second-order valence-electron chi connectivity index (χ2n) is 3.31. The monoisotopic (exact) mass is 263 g/mol. The maximum absolute atomic E-state index is 9.17. The van der Waals surface area contributed by atoms with Crippen molar-refractivity contribution in [3.8, 4) is 17.0 Å². The number of hydrogen-bond donors (Lipinski definition) is 1. The average Bonchev–Trinajstić information content (AvgIpc) is 2.23. The third-order valence-corrected chi connectivity index (χ3v) is 3.02. The Morgan fingerprint density at radius 2 is 1.73 bits per heavy atom. The fraction of sp³-hybridized carbons (Fsp3) is 0.0833. The van der Waals surface area contributed by atoms with Gasteiger partial charge in [0.1, 0.15) is 5.75 Å². The molecule has 2 aromatic rings. The topological polar surface area (TPSA) is 33.1 Å². The Morgan fingerprint density at radius 3 is 2.33 bits per heavy atom. The molecule has 0 fully saturated rings. The van der Waals surface area contributed by atoms with Crippen molar-refractivity contribution in [2.45, 2.75) is 6.92 Å². The van der Waals surface area contributed by atoms with Crippen LogP contribution in [0, 0.1) is 6.92 Å². The Kier molecular flexibility index (Phi) is 2.73. The van der Waals surface area contributed by atoms with Gasteiger partial charge < -0.3 is 5.11 Å². The van der Waals surface area contributed by atoms with Gasteiger partial charge in [-0.3, -0.25) is 4.98 Å². The molecular formula is C12H10BrNO. The highest BCUT2D eigenvalue weighted by atomic mass is 79.9. The molecule has 2 nitrogen and oxygen atoms in total. The minimum Gasteiger partial charge on any atom is -0.508 e. The van der Waals surface area contributed by atoms with Crippen LogP contribution in [0.4, 0.5) is 0 Å². The highest BCUT2D eigenvalue weighted by Gasteiger charge is 2.01. The highest BCUT2D eigenvalue weighted by molar-refractivity contribution is 9.10. The van der Waals surface area contributed by atoms with E-state index >= 15 is 0 Å². The predicted molar refractivity (Wildman–Crippen MR) is 63.8 cm³/mol. The molecule has 2 rings (SSSR count). The quantitative estimate of drug-likeness (QED) is 0.854. The Balaban J connectivity index is 2.45. The van der Waals surface area contributed by atoms with Crippen LogP contribution in [-0.4, -0.2) is 10.1 Å². The largest absolute Gasteiger partial charge is 0.508 e. The highest BCUT2D eigenvalue weighted by Crippen LogP contribution is 2.23. The van der Waals surface area contributed by atoms with E-state index in [4.69, 9.17) is 0 Å². The summed E-state index contributed by atoms with van der Waals surface area (Å²) in [6.45, 7) is 1.95. The number of aromatic nitrogens is 1. The molecule has 0 aliphatic rings. The first-order chi connectivity index (χ1) is 7.16. The summed E-state index contributed by atoms with van der Waals surface area (Å²) < 4.78 is 1.00. The maximum Gasteiger partial charge on any atom is 0.115 e. The van der Waals surface area contributed by atoms with Crippen molar-refractivity contribution in [1.29, 1.82) is 0 Å². The number of phenolic OH excluding ortho intramolecular Hbond substituents is 1. The van der Waals surface area contributed by atoms with Gasteiger partial charge in [0.05, 0.1) is 11.4 Å². The SMILES string of the molecule is Cc1nc(-c2ccc(O)cc2)ccc1Br. The standard InChI is InChI=1S/C12H10BrNO/c1-8-11(13)6-7-12(14-8)9-2-4-10(15)5-3-9/h2-7,15H,1H3. The van der Waals surface area contributed by atoms with Crippen LogP contribution in [0.1, 0.15) is 5.69 Å². The lowest BCUT2D eigenvalue weighted by Gasteiger charge is -2.03. The lowest BCUT2D eigenvalue weighted by molar-refractivity contribution is 0.475. The third kappa shape index (κ3) is 2.18. The van der Waals surface area contributed by atoms with Gasteiger partial charge in [-0.25, -0.2) is 0 Å². The van der Waals surface area contributed by atoms with E-state index in [0.29, 0.717) is 0 Å². The van der Waals surface area contributed by atoms with E-state index < -0.39 is 0 Å². The molecule has 0 bridgehead atoms. The summed E-state index contributed by atoms with van der Waals surface area (Å²) in [4.78, 5) is 4.44. The maximum atomic E-state index is 9.17. The van der Waals surface area contributed by atoms with Crippen molar-refractivity contribution >= 4 is 15.9 Å². The van der Waals surface area contributed by atoms with E-state index in [1.54, 1.807) is 12.1 Å². The molecule has 76 valence electrons. The molecule has 0 aliphatic heterocycles. The lowest BCUT2D eigenvalue weighted by Crippen LogP contribution is -1.87. The summed E-state index contributed by atoms with van der Waals surface area (Å²) in [6.07, 6.45) is 0. The van der Waals surface area contributed by atoms with Gasteiger partial charge in [-0.05, 0) is 59.3 Å². The number of benzene rings is 1. The summed E-state index contributed by atoms with van der Waals surface area (Å²) in [5.41, 5.74) is 2.87. The molecule has 0 unspecified atom stereocenters. The van der Waals surface area contributed by atoms with Crippen LogP contribution in [0.2, 0.25) is 0 Å². The Bertz CT molecular complexity index is 479. The number of aromatic hydroxyl groups is 1. The van der Waals surface area contributed by atoms with Gasteiger partial charge in [0.2, 0.25) is 0 Å². The van der Waals surface area contributed by atoms with Gasteiger partial charge in [-0.15, -0.1) is 0 Å². The molecule has 0 saturated heterocycles. The summed E-state index contributed by atoms with van der Waals surface area (Å²) in [7, 11) is 0. The number of hydrogen-bond acceptors (Lipinski definition) is 2. The van der Waals surface area contributed by atoms with Gasteiger partial charge in [-0.2, -0.15) is 0 Å². The van der Waals surface area contributed by atoms with Crippen molar-refractivity contribution in [2.24, 2.45) is 0 Å². The molecular weight excluding hydrogens is 254 g/mol. The molecule has 1 N–H and O–H groups in total. The van der Waals surface area contributed by atoms with Gasteiger partial charge in [0.15, 0.2) is 0 Å². The predicted octanol–water partition coefficient (Wildman–Crippen LogP) is 3.53. The zero-order chi connectivity index (χ0) is 10.8. The zero-order valence-corrected chi connectivity index (χ0v) is 9.82. The fourth-order valence-corrected chi connectivity index (χ4v) is 1.56. The smallest absolute Gasteiger partial charge is 0.115 e. The number of phenols is 1. The number of pyridine rings is 1. The summed E-state index contributed by atoms with van der Waals surface area (Å²) in [6, 6.07) is 11.0. The minimum absolute atomic E-state index is 0.271. The van der Waals surface area contributed by atoms with Crippen LogP contribution >= 0.6 is 15.9 Å². The molecule has 0 radical (unpaired) electrons. The van der Waals surface area contributed by atoms with Gasteiger partial charge >= 0.3 is 0 Å². The number of halogens is 1. The normalized spacial score (nSPS) is 10.3. The van der Waals surface area contributed by atoms with Crippen LogP contribution in [0.3, 0.4) is 0 Å². The van der Waals surface area contributed by atoms with Crippen LogP contribution < -0.4 is 0 Å². The minimum atomic E-state index is 0.271. The summed E-state index contributed by atoms with van der Waals surface area (Å²) in [5, 5.41) is 9.17. The average molecular weight is 264 g/mol. The molecule has 1 heterocycles. The Hall–Kier alpha value is -1.35. The van der Waals surface area contributed by atoms with E-state index in [-0.39, 0.29) is 5.75 Å². The first-order valence-electron chi connectivity index (χ1n) is 4.59. The fourth-order valence-electron chi connectivity index (χ4n) is 1.34. The first-order valence-corrected chi connectivity index (χ1v) is 5.38. The first kappa shape index (κ1) is 10.2. The van der Waals surface area contributed by atoms with Crippen LogP contribution in [-0.2, 0) is 0 Å². The van der Waals surface area contributed by atoms with Gasteiger partial charge in [0.25, 0.3) is 0 Å². The molecule has 0 amide bonds. The van der Waals surface area contributed by atoms with Crippen molar-refractivity contribution in [3.63, 3.8) is 0 Å². The molecule has 3 heteroatoms. The molecule has 0 atom stereocenters. The van der Waals surface area contributed by atoms with Gasteiger partial charge in [-0.1, -0.05) is 0 Å². The molecule has 0 spiro atoms. The summed E-state index contributed by atoms with van der Waals surface area (Å²) >= 11 is 3.41. The van der Waals surface area contributed by atoms with Crippen LogP contribution in [0.15, 0.2) is 40.9 Å². The molecule has 1 aromatic heterocycles. The molecule has 0 saturated carbocycles. The second kappa shape index (κ2) is 4.03. The van der Waals surface area contributed by atoms with Gasteiger partial charge in [0, 0.05) is 10.0 Å². The van der Waals surface area contributed by atoms with Crippen molar-refractivity contribution in [2.75, 3.05) is 0 Å². The number of aryl methyl sites for hydroxylation is 1. The number of nitrogens with zero attached hydrogens (tertiary/aromatic N) is 1. The van der Waals surface area contributed by atoms with Crippen molar-refractivity contribution in [3.05, 3.63) is 46.6 Å². The van der Waals surface area contributed by atoms with E-state index in [0.717, 1.165) is 21.4 Å². The molecule has 0 aliphatic carbocycles. The van der Waals surface area contributed by atoms with Crippen molar-refractivity contribution < 1.29 is 5.11 Å². The molecule has 1 aromatic carbocycles. The number of rotatable bonds is 1. The van der Waals surface area contributed by atoms with Crippen LogP contribution in [0.5, 0.6) is 5.75 Å². The summed E-state index contributed by atoms with van der Waals surface area (Å²) in [5.74, 6) is 0.271. The van der Waals surface area contributed by atoms with Crippen molar-refractivity contribution in [1.82, 2.24) is 4.98 Å². The second-order valence-corrected chi connectivity index (χ2v) is 4.16. The Labute approximate surface area is 96.7 Å². The van der Waals surface area contributed by atoms with E-state index in [1.807, 2.05) is 31.2 Å². The Morgan fingerprint density at radius 1 is 1.07 bits per heavy atom.